The number of carbonyl (C=O) groups is 2. The average Bonchev–Trinajstić information content (AvgIpc) is 2.95. The van der Waals surface area contributed by atoms with Gasteiger partial charge in [-0.3, -0.25) is 9.69 Å². The number of amides is 2. The fraction of sp³-hybridized carbons (Fsp3) is 0.939. The second-order valence-corrected chi connectivity index (χ2v) is 14.7. The molecule has 2 amide bonds. The number of likely N-dealkylation sites (tertiary alicyclic amines) is 2. The third kappa shape index (κ3) is 6.75. The van der Waals surface area contributed by atoms with Gasteiger partial charge < -0.3 is 25.0 Å². The lowest BCUT2D eigenvalue weighted by Gasteiger charge is -2.55. The third-order valence-corrected chi connectivity index (χ3v) is 12.0. The Morgan fingerprint density at radius 3 is 2.34 bits per heavy atom. The number of hydrogen-bond donors (Lipinski definition) is 2. The summed E-state index contributed by atoms with van der Waals surface area (Å²) in [6.45, 7) is 15.3. The number of piperidine rings is 3. The van der Waals surface area contributed by atoms with E-state index in [1.807, 2.05) is 4.90 Å². The molecule has 8 heteroatoms. The minimum absolute atomic E-state index is 0.0910. The molecule has 8 nitrogen and oxygen atoms in total. The second-order valence-electron chi connectivity index (χ2n) is 14.7. The molecular formula is C33H58N4O4. The maximum absolute atomic E-state index is 13.5. The minimum atomic E-state index is -0.338. The summed E-state index contributed by atoms with van der Waals surface area (Å²) in [4.78, 5) is 33.6. The van der Waals surface area contributed by atoms with E-state index in [2.05, 4.69) is 42.8 Å². The summed E-state index contributed by atoms with van der Waals surface area (Å²) < 4.78 is 6.46. The lowest BCUT2D eigenvalue weighted by Crippen LogP contribution is -2.64. The van der Waals surface area contributed by atoms with Gasteiger partial charge in [0.05, 0.1) is 12.0 Å². The molecule has 5 aliphatic rings. The van der Waals surface area contributed by atoms with Crippen molar-refractivity contribution in [2.24, 2.45) is 23.7 Å². The summed E-state index contributed by atoms with van der Waals surface area (Å²) in [6, 6.07) is 0.253. The molecular weight excluding hydrogens is 516 g/mol. The highest BCUT2D eigenvalue weighted by Crippen LogP contribution is 2.44. The zero-order valence-electron chi connectivity index (χ0n) is 26.4. The van der Waals surface area contributed by atoms with Crippen LogP contribution in [0.1, 0.15) is 105 Å². The van der Waals surface area contributed by atoms with E-state index in [0.717, 1.165) is 116 Å². The molecule has 0 aromatic carbocycles. The predicted molar refractivity (Wildman–Crippen MR) is 162 cm³/mol. The first-order valence-electron chi connectivity index (χ1n) is 17.1. The molecule has 1 aliphatic carbocycles. The monoisotopic (exact) mass is 574 g/mol. The Hall–Kier alpha value is -1.38. The molecule has 1 saturated carbocycles. The van der Waals surface area contributed by atoms with Crippen molar-refractivity contribution < 1.29 is 19.4 Å². The van der Waals surface area contributed by atoms with Crippen LogP contribution in [0.3, 0.4) is 0 Å². The lowest BCUT2D eigenvalue weighted by atomic mass is 9.73. The van der Waals surface area contributed by atoms with Crippen LogP contribution < -0.4 is 5.32 Å². The van der Waals surface area contributed by atoms with Gasteiger partial charge in [0.25, 0.3) is 0 Å². The van der Waals surface area contributed by atoms with Crippen molar-refractivity contribution in [3.05, 3.63) is 0 Å². The van der Waals surface area contributed by atoms with Gasteiger partial charge in [-0.2, -0.15) is 0 Å². The van der Waals surface area contributed by atoms with Crippen LogP contribution in [0.15, 0.2) is 0 Å². The zero-order chi connectivity index (χ0) is 29.2. The molecule has 4 atom stereocenters. The molecule has 234 valence electrons. The summed E-state index contributed by atoms with van der Waals surface area (Å²) in [5.41, 5.74) is -0.245. The van der Waals surface area contributed by atoms with Crippen LogP contribution in [-0.2, 0) is 9.53 Å². The first-order valence-corrected chi connectivity index (χ1v) is 17.1. The highest BCUT2D eigenvalue weighted by Gasteiger charge is 2.52. The molecule has 5 rings (SSSR count). The Kier molecular flexibility index (Phi) is 9.92. The Labute approximate surface area is 248 Å². The van der Waals surface area contributed by atoms with Gasteiger partial charge in [0.15, 0.2) is 0 Å². The van der Waals surface area contributed by atoms with Crippen molar-refractivity contribution in [1.29, 1.82) is 0 Å². The Morgan fingerprint density at radius 2 is 1.71 bits per heavy atom. The van der Waals surface area contributed by atoms with Crippen LogP contribution in [0.5, 0.6) is 0 Å². The van der Waals surface area contributed by atoms with E-state index in [4.69, 9.17) is 4.74 Å². The maximum atomic E-state index is 13.5. The first kappa shape index (κ1) is 31.1. The highest BCUT2D eigenvalue weighted by atomic mass is 16.6. The number of aliphatic hydroxyl groups is 1. The van der Waals surface area contributed by atoms with Gasteiger partial charge in [0, 0.05) is 69.6 Å². The molecule has 1 spiro atoms. The van der Waals surface area contributed by atoms with Crippen LogP contribution in [0.2, 0.25) is 0 Å². The molecule has 3 unspecified atom stereocenters. The standard InChI is InChI=1S/C33H58N4O4/c1-5-6-7-27-23-36(22-26-8-10-28(38)11-9-26)31(40)41-33(27)15-20-37(21-16-33)32(4)13-18-35(19-14-32)30(39)29-24(2)12-17-34-25(29)3/h24-29,34,38H,5-23H2,1-4H3/t24?,25?,26?,27-,28?,29?/m0/s1. The van der Waals surface area contributed by atoms with Crippen molar-refractivity contribution in [3.63, 3.8) is 0 Å². The largest absolute Gasteiger partial charge is 0.442 e. The topological polar surface area (TPSA) is 85.3 Å². The number of rotatable bonds is 7. The lowest BCUT2D eigenvalue weighted by molar-refractivity contribution is -0.145. The van der Waals surface area contributed by atoms with Crippen LogP contribution in [0, 0.1) is 23.7 Å². The normalized spacial score (nSPS) is 36.3. The number of unbranched alkanes of at least 4 members (excludes halogenated alkanes) is 1. The minimum Gasteiger partial charge on any atom is -0.442 e. The SMILES string of the molecule is CCCC[C@H]1CN(CC2CCC(O)CC2)C(=O)OC12CCN(C1(C)CCN(C(=O)C3C(C)CCNC3C)CC1)CC2. The van der Waals surface area contributed by atoms with E-state index >= 15 is 0 Å². The van der Waals surface area contributed by atoms with Crippen LogP contribution >= 0.6 is 0 Å². The van der Waals surface area contributed by atoms with Crippen molar-refractivity contribution >= 4 is 12.0 Å². The Morgan fingerprint density at radius 1 is 1.02 bits per heavy atom. The molecule has 5 fully saturated rings. The van der Waals surface area contributed by atoms with Crippen molar-refractivity contribution in [2.75, 3.05) is 45.8 Å². The Bertz CT molecular complexity index is 880. The van der Waals surface area contributed by atoms with Crippen LogP contribution in [-0.4, -0.2) is 101 Å². The van der Waals surface area contributed by atoms with E-state index in [1.54, 1.807) is 0 Å². The fourth-order valence-electron chi connectivity index (χ4n) is 8.89. The zero-order valence-corrected chi connectivity index (χ0v) is 26.4. The number of nitrogens with zero attached hydrogens (tertiary/aromatic N) is 3. The van der Waals surface area contributed by atoms with Gasteiger partial charge >= 0.3 is 6.09 Å². The van der Waals surface area contributed by atoms with Gasteiger partial charge in [-0.15, -0.1) is 0 Å². The van der Waals surface area contributed by atoms with E-state index in [9.17, 15) is 14.7 Å². The number of nitrogens with one attached hydrogen (secondary N) is 1. The quantitative estimate of drug-likeness (QED) is 0.461. The smallest absolute Gasteiger partial charge is 0.410 e. The van der Waals surface area contributed by atoms with Gasteiger partial charge in [-0.1, -0.05) is 26.7 Å². The average molecular weight is 575 g/mol. The van der Waals surface area contributed by atoms with Gasteiger partial charge in [-0.05, 0) is 83.6 Å². The van der Waals surface area contributed by atoms with Gasteiger partial charge in [-0.25, -0.2) is 4.79 Å². The molecule has 4 aliphatic heterocycles. The summed E-state index contributed by atoms with van der Waals surface area (Å²) in [7, 11) is 0. The first-order chi connectivity index (χ1) is 19.6. The number of aliphatic hydroxyl groups excluding tert-OH is 1. The van der Waals surface area contributed by atoms with Gasteiger partial charge in [0.1, 0.15) is 5.60 Å². The van der Waals surface area contributed by atoms with E-state index in [-0.39, 0.29) is 35.3 Å². The van der Waals surface area contributed by atoms with Crippen molar-refractivity contribution in [3.8, 4) is 0 Å². The van der Waals surface area contributed by atoms with Crippen LogP contribution in [0.4, 0.5) is 4.79 Å². The van der Waals surface area contributed by atoms with Crippen LogP contribution in [0.25, 0.3) is 0 Å². The third-order valence-electron chi connectivity index (χ3n) is 12.0. The molecule has 4 heterocycles. The highest BCUT2D eigenvalue weighted by molar-refractivity contribution is 5.80. The maximum Gasteiger partial charge on any atom is 0.410 e. The molecule has 0 radical (unpaired) electrons. The Balaban J connectivity index is 1.17. The summed E-state index contributed by atoms with van der Waals surface area (Å²) in [5, 5.41) is 13.4. The van der Waals surface area contributed by atoms with E-state index < -0.39 is 0 Å². The number of hydrogen-bond acceptors (Lipinski definition) is 6. The molecule has 2 N–H and O–H groups in total. The van der Waals surface area contributed by atoms with Crippen molar-refractivity contribution in [2.45, 2.75) is 128 Å². The van der Waals surface area contributed by atoms with E-state index in [1.165, 1.54) is 6.42 Å². The summed E-state index contributed by atoms with van der Waals surface area (Å²) in [5.74, 6) is 1.74. The molecule has 41 heavy (non-hydrogen) atoms. The predicted octanol–water partition coefficient (Wildman–Crippen LogP) is 4.65. The van der Waals surface area contributed by atoms with E-state index in [0.29, 0.717) is 23.7 Å². The number of carbonyl (C=O) groups excluding carboxylic acids is 2. The fourth-order valence-corrected chi connectivity index (χ4v) is 8.89. The summed E-state index contributed by atoms with van der Waals surface area (Å²) >= 11 is 0. The summed E-state index contributed by atoms with van der Waals surface area (Å²) in [6.07, 6.45) is 11.8. The molecule has 4 saturated heterocycles. The number of ether oxygens (including phenoxy) is 1. The molecule has 0 aromatic rings. The van der Waals surface area contributed by atoms with Gasteiger partial charge in [0.2, 0.25) is 5.91 Å². The second kappa shape index (κ2) is 13.1. The van der Waals surface area contributed by atoms with Crippen molar-refractivity contribution in [1.82, 2.24) is 20.0 Å². The molecule has 0 aromatic heterocycles. The molecule has 0 bridgehead atoms.